The second-order valence-corrected chi connectivity index (χ2v) is 6.91. The molecule has 6 heteroatoms. The lowest BCUT2D eigenvalue weighted by Gasteiger charge is -2.20. The van der Waals surface area contributed by atoms with Crippen LogP contribution in [0.5, 0.6) is 5.75 Å². The van der Waals surface area contributed by atoms with Crippen molar-refractivity contribution in [3.63, 3.8) is 0 Å². The normalized spacial score (nSPS) is 15.0. The van der Waals surface area contributed by atoms with Crippen molar-refractivity contribution in [2.24, 2.45) is 0 Å². The maximum atomic E-state index is 13.7. The van der Waals surface area contributed by atoms with E-state index in [4.69, 9.17) is 21.1 Å². The molecule has 1 aliphatic rings. The predicted molar refractivity (Wildman–Crippen MR) is 83.7 cm³/mol. The van der Waals surface area contributed by atoms with Gasteiger partial charge in [-0.15, -0.1) is 0 Å². The third-order valence-corrected chi connectivity index (χ3v) is 4.85. The summed E-state index contributed by atoms with van der Waals surface area (Å²) in [5, 5.41) is 0.641. The maximum Gasteiger partial charge on any atom is 0.189 e. The highest BCUT2D eigenvalue weighted by Gasteiger charge is 2.18. The van der Waals surface area contributed by atoms with Gasteiger partial charge in [-0.25, -0.2) is 4.39 Å². The highest BCUT2D eigenvalue weighted by Crippen LogP contribution is 2.30. The lowest BCUT2D eigenvalue weighted by atomic mass is 10.1. The molecule has 22 heavy (non-hydrogen) atoms. The Hall–Kier alpha value is -1.43. The van der Waals surface area contributed by atoms with Crippen LogP contribution in [-0.2, 0) is 33.6 Å². The van der Waals surface area contributed by atoms with Crippen LogP contribution in [0.15, 0.2) is 36.4 Å². The molecule has 0 unspecified atom stereocenters. The van der Waals surface area contributed by atoms with E-state index in [1.807, 2.05) is 12.1 Å². The summed E-state index contributed by atoms with van der Waals surface area (Å²) < 4.78 is 36.6. The summed E-state index contributed by atoms with van der Waals surface area (Å²) in [5.41, 5.74) is 2.20. The Kier molecular flexibility index (Phi) is 4.76. The van der Waals surface area contributed by atoms with Gasteiger partial charge in [0.25, 0.3) is 0 Å². The standard InChI is InChI=1S/C16H14ClFO3S/c17-14-3-1-11(2-4-14)8-22(19)9-13-6-15(18)5-12-7-20-10-21-16(12)13/h1-6H,7-10H2/t22-/m1/s1. The van der Waals surface area contributed by atoms with Crippen LogP contribution in [0.25, 0.3) is 0 Å². The van der Waals surface area contributed by atoms with Crippen LogP contribution in [0.1, 0.15) is 16.7 Å². The molecule has 1 aliphatic heterocycles. The molecule has 0 fully saturated rings. The van der Waals surface area contributed by atoms with E-state index in [9.17, 15) is 8.60 Å². The number of benzene rings is 2. The molecular formula is C16H14ClFO3S. The fourth-order valence-corrected chi connectivity index (χ4v) is 3.71. The molecule has 3 nitrogen and oxygen atoms in total. The van der Waals surface area contributed by atoms with Crippen molar-refractivity contribution in [1.29, 1.82) is 0 Å². The number of halogens is 2. The Labute approximate surface area is 135 Å². The summed E-state index contributed by atoms with van der Waals surface area (Å²) in [6, 6.07) is 9.97. The zero-order chi connectivity index (χ0) is 15.5. The molecular weight excluding hydrogens is 327 g/mol. The van der Waals surface area contributed by atoms with Crippen molar-refractivity contribution in [3.8, 4) is 5.75 Å². The van der Waals surface area contributed by atoms with Gasteiger partial charge in [0.1, 0.15) is 11.6 Å². The molecule has 0 aromatic heterocycles. The van der Waals surface area contributed by atoms with Crippen LogP contribution in [0.3, 0.4) is 0 Å². The lowest BCUT2D eigenvalue weighted by Crippen LogP contribution is -2.14. The lowest BCUT2D eigenvalue weighted by molar-refractivity contribution is -0.0171. The summed E-state index contributed by atoms with van der Waals surface area (Å²) in [4.78, 5) is 0. The summed E-state index contributed by atoms with van der Waals surface area (Å²) in [7, 11) is -1.17. The highest BCUT2D eigenvalue weighted by molar-refractivity contribution is 7.83. The van der Waals surface area contributed by atoms with Gasteiger partial charge in [-0.3, -0.25) is 4.21 Å². The first kappa shape index (κ1) is 15.5. The molecule has 3 rings (SSSR count). The van der Waals surface area contributed by atoms with Crippen LogP contribution < -0.4 is 4.74 Å². The van der Waals surface area contributed by atoms with E-state index in [1.165, 1.54) is 12.1 Å². The van der Waals surface area contributed by atoms with E-state index < -0.39 is 10.8 Å². The Bertz CT molecular complexity index is 703. The molecule has 116 valence electrons. The van der Waals surface area contributed by atoms with Crippen LogP contribution in [0.2, 0.25) is 5.02 Å². The van der Waals surface area contributed by atoms with Gasteiger partial charge < -0.3 is 9.47 Å². The zero-order valence-electron chi connectivity index (χ0n) is 11.7. The average molecular weight is 341 g/mol. The van der Waals surface area contributed by atoms with E-state index in [0.29, 0.717) is 34.3 Å². The molecule has 2 aromatic carbocycles. The Balaban J connectivity index is 1.76. The molecule has 2 aromatic rings. The van der Waals surface area contributed by atoms with E-state index in [0.717, 1.165) is 5.56 Å². The monoisotopic (exact) mass is 340 g/mol. The summed E-state index contributed by atoms with van der Waals surface area (Å²) in [5.74, 6) is 0.852. The second kappa shape index (κ2) is 6.77. The largest absolute Gasteiger partial charge is 0.467 e. The minimum Gasteiger partial charge on any atom is -0.467 e. The molecule has 0 radical (unpaired) electrons. The predicted octanol–water partition coefficient (Wildman–Crippen LogP) is 3.79. The van der Waals surface area contributed by atoms with Crippen LogP contribution >= 0.6 is 11.6 Å². The number of rotatable bonds is 4. The van der Waals surface area contributed by atoms with Gasteiger partial charge >= 0.3 is 0 Å². The van der Waals surface area contributed by atoms with Crippen molar-refractivity contribution in [2.75, 3.05) is 6.79 Å². The third kappa shape index (κ3) is 3.66. The Morgan fingerprint density at radius 2 is 1.95 bits per heavy atom. The van der Waals surface area contributed by atoms with Crippen molar-refractivity contribution >= 4 is 22.4 Å². The second-order valence-electron chi connectivity index (χ2n) is 5.02. The Morgan fingerprint density at radius 3 is 2.73 bits per heavy atom. The smallest absolute Gasteiger partial charge is 0.189 e. The van der Waals surface area contributed by atoms with Gasteiger partial charge in [-0.05, 0) is 29.8 Å². The van der Waals surface area contributed by atoms with Crippen LogP contribution in [-0.4, -0.2) is 11.0 Å². The van der Waals surface area contributed by atoms with Crippen molar-refractivity contribution < 1.29 is 18.1 Å². The maximum absolute atomic E-state index is 13.7. The van der Waals surface area contributed by atoms with Crippen molar-refractivity contribution in [3.05, 3.63) is 63.9 Å². The van der Waals surface area contributed by atoms with Crippen LogP contribution in [0, 0.1) is 5.82 Å². The quantitative estimate of drug-likeness (QED) is 0.849. The summed E-state index contributed by atoms with van der Waals surface area (Å²) in [6.45, 7) is 0.444. The highest BCUT2D eigenvalue weighted by atomic mass is 35.5. The Morgan fingerprint density at radius 1 is 1.18 bits per heavy atom. The van der Waals surface area contributed by atoms with Gasteiger partial charge in [0.05, 0.1) is 12.4 Å². The molecule has 1 atom stereocenters. The minimum absolute atomic E-state index is 0.134. The molecule has 0 saturated heterocycles. The van der Waals surface area contributed by atoms with E-state index in [1.54, 1.807) is 12.1 Å². The van der Waals surface area contributed by atoms with Crippen molar-refractivity contribution in [2.45, 2.75) is 18.1 Å². The average Bonchev–Trinajstić information content (AvgIpc) is 2.49. The molecule has 0 bridgehead atoms. The minimum atomic E-state index is -1.17. The van der Waals surface area contributed by atoms with Gasteiger partial charge in [-0.1, -0.05) is 23.7 Å². The topological polar surface area (TPSA) is 35.5 Å². The molecule has 0 aliphatic carbocycles. The number of fused-ring (bicyclic) bond motifs is 1. The SMILES string of the molecule is O=[S@](Cc1ccc(Cl)cc1)Cc1cc(F)cc2c1OCOC2. The third-order valence-electron chi connectivity index (χ3n) is 3.31. The van der Waals surface area contributed by atoms with Gasteiger partial charge in [0.2, 0.25) is 0 Å². The fraction of sp³-hybridized carbons (Fsp3) is 0.250. The summed E-state index contributed by atoms with van der Waals surface area (Å²) in [6.07, 6.45) is 0. The van der Waals surface area contributed by atoms with Gasteiger partial charge in [0.15, 0.2) is 6.79 Å². The number of hydrogen-bond acceptors (Lipinski definition) is 3. The number of hydrogen-bond donors (Lipinski definition) is 0. The first-order valence-electron chi connectivity index (χ1n) is 6.73. The molecule has 0 N–H and O–H groups in total. The van der Waals surface area contributed by atoms with E-state index in [2.05, 4.69) is 0 Å². The van der Waals surface area contributed by atoms with E-state index >= 15 is 0 Å². The molecule has 0 saturated carbocycles. The zero-order valence-corrected chi connectivity index (χ0v) is 13.3. The number of ether oxygens (including phenoxy) is 2. The van der Waals surface area contributed by atoms with Crippen LogP contribution in [0.4, 0.5) is 4.39 Å². The fourth-order valence-electron chi connectivity index (χ4n) is 2.35. The summed E-state index contributed by atoms with van der Waals surface area (Å²) >= 11 is 5.83. The molecule has 1 heterocycles. The molecule has 0 spiro atoms. The van der Waals surface area contributed by atoms with Crippen molar-refractivity contribution in [1.82, 2.24) is 0 Å². The van der Waals surface area contributed by atoms with Gasteiger partial charge in [-0.2, -0.15) is 0 Å². The first-order chi connectivity index (χ1) is 10.6. The van der Waals surface area contributed by atoms with E-state index in [-0.39, 0.29) is 18.4 Å². The van der Waals surface area contributed by atoms with Gasteiger partial charge in [0, 0.05) is 32.7 Å². The first-order valence-corrected chi connectivity index (χ1v) is 8.59. The molecule has 0 amide bonds.